The van der Waals surface area contributed by atoms with Gasteiger partial charge in [-0.25, -0.2) is 4.39 Å². The van der Waals surface area contributed by atoms with Crippen LogP contribution in [0.15, 0.2) is 18.2 Å². The Hall–Kier alpha value is -1.38. The molecule has 0 N–H and O–H groups in total. The van der Waals surface area contributed by atoms with Crippen molar-refractivity contribution in [3.8, 4) is 0 Å². The number of aldehydes is 1. The van der Waals surface area contributed by atoms with E-state index in [-0.39, 0.29) is 5.82 Å². The monoisotopic (exact) mass is 303 g/mol. The zero-order valence-electron chi connectivity index (χ0n) is 13.5. The summed E-state index contributed by atoms with van der Waals surface area (Å²) in [5, 5.41) is 0. The predicted octanol–water partition coefficient (Wildman–Crippen LogP) is 4.50. The topological polar surface area (TPSA) is 20.3 Å². The molecule has 0 aromatic heterocycles. The first-order chi connectivity index (χ1) is 10.6. The summed E-state index contributed by atoms with van der Waals surface area (Å²) >= 11 is 0. The number of anilines is 1. The maximum absolute atomic E-state index is 14.0. The van der Waals surface area contributed by atoms with Gasteiger partial charge in [0.25, 0.3) is 0 Å². The van der Waals surface area contributed by atoms with Crippen molar-refractivity contribution in [2.45, 2.75) is 51.9 Å². The number of benzene rings is 1. The van der Waals surface area contributed by atoms with Crippen LogP contribution in [0.3, 0.4) is 0 Å². The molecular formula is C19H26FNO. The Morgan fingerprint density at radius 3 is 2.55 bits per heavy atom. The summed E-state index contributed by atoms with van der Waals surface area (Å²) in [6, 6.07) is 5.38. The quantitative estimate of drug-likeness (QED) is 0.766. The third-order valence-corrected chi connectivity index (χ3v) is 5.86. The molecular weight excluding hydrogens is 277 g/mol. The number of rotatable bonds is 3. The largest absolute Gasteiger partial charge is 0.369 e. The molecule has 0 amide bonds. The Bertz CT molecular complexity index is 524. The number of aryl methyl sites for hydroxylation is 1. The molecule has 0 unspecified atom stereocenters. The first kappa shape index (κ1) is 15.5. The summed E-state index contributed by atoms with van der Waals surface area (Å²) in [5.41, 5.74) is 2.34. The fraction of sp³-hybridized carbons (Fsp3) is 0.632. The van der Waals surface area contributed by atoms with Crippen molar-refractivity contribution < 1.29 is 9.18 Å². The van der Waals surface area contributed by atoms with E-state index >= 15 is 0 Å². The van der Waals surface area contributed by atoms with Crippen molar-refractivity contribution in [3.63, 3.8) is 0 Å². The van der Waals surface area contributed by atoms with Crippen LogP contribution in [0, 0.1) is 24.1 Å². The summed E-state index contributed by atoms with van der Waals surface area (Å²) in [7, 11) is 0. The molecule has 0 atom stereocenters. The molecule has 3 rings (SSSR count). The van der Waals surface area contributed by atoms with Gasteiger partial charge >= 0.3 is 0 Å². The Labute approximate surface area is 132 Å². The number of carbonyl (C=O) groups excluding carboxylic acids is 1. The normalized spacial score (nSPS) is 22.0. The van der Waals surface area contributed by atoms with Crippen LogP contribution in [0.5, 0.6) is 0 Å². The summed E-state index contributed by atoms with van der Waals surface area (Å²) in [4.78, 5) is 12.9. The molecule has 1 aliphatic carbocycles. The lowest BCUT2D eigenvalue weighted by molar-refractivity contribution is -0.109. The van der Waals surface area contributed by atoms with Crippen LogP contribution in [0.25, 0.3) is 0 Å². The van der Waals surface area contributed by atoms with Crippen LogP contribution in [-0.4, -0.2) is 19.4 Å². The van der Waals surface area contributed by atoms with Gasteiger partial charge in [0.2, 0.25) is 0 Å². The molecule has 22 heavy (non-hydrogen) atoms. The zero-order valence-corrected chi connectivity index (χ0v) is 13.5. The zero-order chi connectivity index (χ0) is 15.6. The van der Waals surface area contributed by atoms with E-state index in [2.05, 4.69) is 4.90 Å². The number of nitrogens with zero attached hydrogens (tertiary/aromatic N) is 1. The molecule has 1 aromatic carbocycles. The number of halogens is 1. The summed E-state index contributed by atoms with van der Waals surface area (Å²) < 4.78 is 14.0. The molecule has 0 radical (unpaired) electrons. The van der Waals surface area contributed by atoms with E-state index in [9.17, 15) is 9.18 Å². The Kier molecular flexibility index (Phi) is 4.51. The van der Waals surface area contributed by atoms with Gasteiger partial charge in [0.1, 0.15) is 12.1 Å². The van der Waals surface area contributed by atoms with Crippen molar-refractivity contribution in [1.82, 2.24) is 0 Å². The van der Waals surface area contributed by atoms with Gasteiger partial charge in [-0.1, -0.05) is 6.07 Å². The van der Waals surface area contributed by atoms with Gasteiger partial charge in [0.15, 0.2) is 0 Å². The van der Waals surface area contributed by atoms with Crippen LogP contribution < -0.4 is 4.90 Å². The second-order valence-corrected chi connectivity index (χ2v) is 7.29. The first-order valence-electron chi connectivity index (χ1n) is 8.57. The highest BCUT2D eigenvalue weighted by Crippen LogP contribution is 2.47. The van der Waals surface area contributed by atoms with Crippen molar-refractivity contribution in [2.24, 2.45) is 11.3 Å². The highest BCUT2D eigenvalue weighted by Gasteiger charge is 2.38. The van der Waals surface area contributed by atoms with E-state index < -0.39 is 0 Å². The molecule has 0 bridgehead atoms. The van der Waals surface area contributed by atoms with Gasteiger partial charge in [0.05, 0.1) is 5.69 Å². The lowest BCUT2D eigenvalue weighted by Gasteiger charge is -2.46. The van der Waals surface area contributed by atoms with Crippen LogP contribution in [0.1, 0.15) is 50.5 Å². The third-order valence-electron chi connectivity index (χ3n) is 5.86. The number of hydrogen-bond donors (Lipinski definition) is 0. The third kappa shape index (κ3) is 3.18. The second-order valence-electron chi connectivity index (χ2n) is 7.29. The fourth-order valence-corrected chi connectivity index (χ4v) is 4.25. The highest BCUT2D eigenvalue weighted by atomic mass is 19.1. The molecule has 3 heteroatoms. The molecule has 2 aliphatic rings. The minimum atomic E-state index is -0.101. The first-order valence-corrected chi connectivity index (χ1v) is 8.57. The van der Waals surface area contributed by atoms with E-state index in [0.717, 1.165) is 49.9 Å². The van der Waals surface area contributed by atoms with Crippen molar-refractivity contribution >= 4 is 12.0 Å². The average Bonchev–Trinajstić information content (AvgIpc) is 2.53. The van der Waals surface area contributed by atoms with Crippen LogP contribution in [-0.2, 0) is 4.79 Å². The molecule has 1 spiro atoms. The maximum Gasteiger partial charge on any atom is 0.146 e. The van der Waals surface area contributed by atoms with Gasteiger partial charge in [-0.2, -0.15) is 0 Å². The Balaban J connectivity index is 1.61. The maximum atomic E-state index is 14.0. The number of carbonyl (C=O) groups is 1. The SMILES string of the molecule is Cc1ccc(F)c(N2CCC3(CCC(CC=O)CC3)CC2)c1. The van der Waals surface area contributed by atoms with E-state index in [4.69, 9.17) is 0 Å². The lowest BCUT2D eigenvalue weighted by Crippen LogP contribution is -2.42. The molecule has 2 fully saturated rings. The van der Waals surface area contributed by atoms with Gasteiger partial charge in [-0.15, -0.1) is 0 Å². The average molecular weight is 303 g/mol. The molecule has 120 valence electrons. The van der Waals surface area contributed by atoms with E-state index in [1.165, 1.54) is 25.7 Å². The van der Waals surface area contributed by atoms with Gasteiger partial charge < -0.3 is 9.69 Å². The molecule has 1 aromatic rings. The minimum Gasteiger partial charge on any atom is -0.369 e. The predicted molar refractivity (Wildman–Crippen MR) is 87.7 cm³/mol. The van der Waals surface area contributed by atoms with Crippen molar-refractivity contribution in [2.75, 3.05) is 18.0 Å². The highest BCUT2D eigenvalue weighted by molar-refractivity contribution is 5.50. The van der Waals surface area contributed by atoms with Gasteiger partial charge in [0, 0.05) is 19.5 Å². The standard InChI is InChI=1S/C19H26FNO/c1-15-2-3-17(20)18(14-15)21-11-9-19(10-12-21)7-4-16(5-8-19)6-13-22/h2-3,13-14,16H,4-12H2,1H3. The fourth-order valence-electron chi connectivity index (χ4n) is 4.25. The van der Waals surface area contributed by atoms with Crippen LogP contribution in [0.4, 0.5) is 10.1 Å². The van der Waals surface area contributed by atoms with Crippen LogP contribution >= 0.6 is 0 Å². The lowest BCUT2D eigenvalue weighted by atomic mass is 9.65. The number of hydrogen-bond acceptors (Lipinski definition) is 2. The van der Waals surface area contributed by atoms with E-state index in [0.29, 0.717) is 11.3 Å². The smallest absolute Gasteiger partial charge is 0.146 e. The summed E-state index contributed by atoms with van der Waals surface area (Å²) in [6.07, 6.45) is 9.01. The van der Waals surface area contributed by atoms with Crippen molar-refractivity contribution in [3.05, 3.63) is 29.6 Å². The summed E-state index contributed by atoms with van der Waals surface area (Å²) in [5.74, 6) is 0.506. The molecule has 1 heterocycles. The molecule has 1 saturated heterocycles. The molecule has 2 nitrogen and oxygen atoms in total. The Morgan fingerprint density at radius 2 is 1.91 bits per heavy atom. The minimum absolute atomic E-state index is 0.101. The van der Waals surface area contributed by atoms with E-state index in [1.807, 2.05) is 19.1 Å². The van der Waals surface area contributed by atoms with Crippen LogP contribution in [0.2, 0.25) is 0 Å². The molecule has 1 saturated carbocycles. The number of piperidine rings is 1. The summed E-state index contributed by atoms with van der Waals surface area (Å²) in [6.45, 7) is 3.93. The Morgan fingerprint density at radius 1 is 1.23 bits per heavy atom. The second kappa shape index (κ2) is 6.39. The van der Waals surface area contributed by atoms with E-state index in [1.54, 1.807) is 6.07 Å². The van der Waals surface area contributed by atoms with Gasteiger partial charge in [-0.05, 0) is 74.5 Å². The van der Waals surface area contributed by atoms with Gasteiger partial charge in [-0.3, -0.25) is 0 Å². The molecule has 1 aliphatic heterocycles. The van der Waals surface area contributed by atoms with Crippen molar-refractivity contribution in [1.29, 1.82) is 0 Å².